The second kappa shape index (κ2) is 20.1. The van der Waals surface area contributed by atoms with Crippen LogP contribution in [0.1, 0.15) is 59.8 Å². The number of hydrogen-bond donors (Lipinski definition) is 8. The van der Waals surface area contributed by atoms with Crippen molar-refractivity contribution in [2.45, 2.75) is 77.9 Å². The topological polar surface area (TPSA) is 287 Å². The third-order valence-corrected chi connectivity index (χ3v) is 4.90. The standard InChI is InChI=1S/C19H36N8O4.2C2H4O2/c1-11(2)9-12(20)16(29)26-13(5-3-7-24-19(22)23)18(31)27-8-4-6-14(27)17(30)25-10-15(21)28;2*1-2(3)4/h11-14H,3-10,20H2,1-2H3,(H2,21,28)(H,25,30)(H,26,29)(H4,22,23,24);2*1H3,(H,3,4)/t12-,13-,14-;;/m0../s1. The fourth-order valence-corrected chi connectivity index (χ4v) is 3.45. The van der Waals surface area contributed by atoms with Crippen molar-refractivity contribution in [1.29, 1.82) is 0 Å². The summed E-state index contributed by atoms with van der Waals surface area (Å²) < 4.78 is 0. The molecule has 39 heavy (non-hydrogen) atoms. The molecule has 1 aliphatic heterocycles. The minimum atomic E-state index is -0.871. The highest BCUT2D eigenvalue weighted by Gasteiger charge is 2.37. The average Bonchev–Trinajstić information content (AvgIpc) is 3.27. The molecule has 0 aromatic rings. The molecule has 3 atom stereocenters. The first-order valence-corrected chi connectivity index (χ1v) is 12.4. The number of nitrogens with one attached hydrogen (secondary N) is 2. The van der Waals surface area contributed by atoms with Crippen molar-refractivity contribution in [3.8, 4) is 0 Å². The number of aliphatic carboxylic acids is 2. The number of carboxylic acid groups (broad SMARTS) is 2. The van der Waals surface area contributed by atoms with E-state index in [1.54, 1.807) is 0 Å². The van der Waals surface area contributed by atoms with Gasteiger partial charge in [0.25, 0.3) is 11.9 Å². The fourth-order valence-electron chi connectivity index (χ4n) is 3.45. The van der Waals surface area contributed by atoms with E-state index in [-0.39, 0.29) is 30.8 Å². The minimum Gasteiger partial charge on any atom is -0.481 e. The van der Waals surface area contributed by atoms with E-state index in [9.17, 15) is 19.2 Å². The number of carboxylic acids is 2. The van der Waals surface area contributed by atoms with Crippen molar-refractivity contribution in [3.05, 3.63) is 0 Å². The molecule has 1 aliphatic rings. The molecule has 0 aliphatic carbocycles. The molecular formula is C23H44N8O8. The van der Waals surface area contributed by atoms with Gasteiger partial charge in [0.2, 0.25) is 23.6 Å². The lowest BCUT2D eigenvalue weighted by molar-refractivity contribution is -0.142. The second-order valence-electron chi connectivity index (χ2n) is 9.16. The fraction of sp³-hybridized carbons (Fsp3) is 0.696. The van der Waals surface area contributed by atoms with E-state index in [4.69, 9.17) is 42.7 Å². The van der Waals surface area contributed by atoms with Gasteiger partial charge in [-0.2, -0.15) is 0 Å². The Balaban J connectivity index is 0. The zero-order valence-corrected chi connectivity index (χ0v) is 23.0. The SMILES string of the molecule is CC(=O)O.CC(=O)O.CC(C)C[C@H](N)C(=O)N[C@@H](CCCN=C(N)N)C(=O)N1CCC[C@H]1C(=O)NCC(N)=O. The number of primary amides is 1. The lowest BCUT2D eigenvalue weighted by Gasteiger charge is -2.29. The van der Waals surface area contributed by atoms with E-state index in [2.05, 4.69) is 15.6 Å². The van der Waals surface area contributed by atoms with Crippen LogP contribution in [-0.4, -0.2) is 94.4 Å². The molecule has 0 bridgehead atoms. The summed E-state index contributed by atoms with van der Waals surface area (Å²) in [4.78, 5) is 72.4. The van der Waals surface area contributed by atoms with Gasteiger partial charge in [-0.05, 0) is 38.0 Å². The predicted octanol–water partition coefficient (Wildman–Crippen LogP) is -2.33. The van der Waals surface area contributed by atoms with Gasteiger partial charge >= 0.3 is 0 Å². The van der Waals surface area contributed by atoms with Crippen molar-refractivity contribution < 1.29 is 39.0 Å². The molecule has 0 unspecified atom stereocenters. The molecule has 0 saturated carbocycles. The van der Waals surface area contributed by atoms with Crippen LogP contribution in [0.4, 0.5) is 0 Å². The molecule has 0 aromatic carbocycles. The first-order valence-electron chi connectivity index (χ1n) is 12.4. The third-order valence-electron chi connectivity index (χ3n) is 4.90. The molecule has 1 heterocycles. The number of carbonyl (C=O) groups excluding carboxylic acids is 4. The maximum absolute atomic E-state index is 13.2. The number of nitrogens with two attached hydrogens (primary N) is 4. The van der Waals surface area contributed by atoms with E-state index in [0.29, 0.717) is 38.8 Å². The molecule has 0 spiro atoms. The maximum Gasteiger partial charge on any atom is 0.300 e. The Morgan fingerprint density at radius 1 is 1.03 bits per heavy atom. The molecule has 16 heteroatoms. The van der Waals surface area contributed by atoms with Crippen molar-refractivity contribution >= 4 is 41.5 Å². The number of rotatable bonds is 12. The van der Waals surface area contributed by atoms with Gasteiger partial charge < -0.3 is 48.7 Å². The van der Waals surface area contributed by atoms with Crippen LogP contribution >= 0.6 is 0 Å². The molecule has 1 rings (SSSR count). The highest BCUT2D eigenvalue weighted by atomic mass is 16.4. The molecule has 224 valence electrons. The Morgan fingerprint density at radius 3 is 2.03 bits per heavy atom. The van der Waals surface area contributed by atoms with Gasteiger partial charge in [-0.1, -0.05) is 13.8 Å². The third kappa shape index (κ3) is 19.8. The number of likely N-dealkylation sites (tertiary alicyclic amines) is 1. The summed E-state index contributed by atoms with van der Waals surface area (Å²) in [7, 11) is 0. The van der Waals surface area contributed by atoms with Gasteiger partial charge in [0.1, 0.15) is 12.1 Å². The summed E-state index contributed by atoms with van der Waals surface area (Å²) in [5, 5.41) is 20.0. The smallest absolute Gasteiger partial charge is 0.300 e. The van der Waals surface area contributed by atoms with Crippen molar-refractivity contribution in [1.82, 2.24) is 15.5 Å². The van der Waals surface area contributed by atoms with Crippen LogP contribution in [-0.2, 0) is 28.8 Å². The molecule has 0 aromatic heterocycles. The highest BCUT2D eigenvalue weighted by molar-refractivity contribution is 5.94. The van der Waals surface area contributed by atoms with Gasteiger partial charge in [-0.15, -0.1) is 0 Å². The summed E-state index contributed by atoms with van der Waals surface area (Å²) in [5.74, 6) is -3.44. The largest absolute Gasteiger partial charge is 0.481 e. The van der Waals surface area contributed by atoms with Crippen LogP contribution in [0.25, 0.3) is 0 Å². The summed E-state index contributed by atoms with van der Waals surface area (Å²) in [5.41, 5.74) is 21.7. The lowest BCUT2D eigenvalue weighted by atomic mass is 10.0. The van der Waals surface area contributed by atoms with Crippen molar-refractivity contribution in [3.63, 3.8) is 0 Å². The zero-order chi connectivity index (χ0) is 30.7. The van der Waals surface area contributed by atoms with Crippen LogP contribution in [0.3, 0.4) is 0 Å². The molecule has 0 radical (unpaired) electrons. The molecule has 12 N–H and O–H groups in total. The highest BCUT2D eigenvalue weighted by Crippen LogP contribution is 2.20. The van der Waals surface area contributed by atoms with E-state index in [0.717, 1.165) is 13.8 Å². The van der Waals surface area contributed by atoms with Gasteiger partial charge in [0, 0.05) is 26.9 Å². The van der Waals surface area contributed by atoms with Gasteiger partial charge in [-0.3, -0.25) is 33.8 Å². The Hall–Kier alpha value is -3.95. The number of aliphatic imine (C=N–C) groups is 1. The van der Waals surface area contributed by atoms with Gasteiger partial charge in [0.15, 0.2) is 5.96 Å². The zero-order valence-electron chi connectivity index (χ0n) is 23.0. The first-order chi connectivity index (χ1) is 18.0. The van der Waals surface area contributed by atoms with Gasteiger partial charge in [0.05, 0.1) is 12.6 Å². The monoisotopic (exact) mass is 560 g/mol. The quantitative estimate of drug-likeness (QED) is 0.0711. The number of nitrogens with zero attached hydrogens (tertiary/aromatic N) is 2. The molecule has 16 nitrogen and oxygen atoms in total. The Morgan fingerprint density at radius 2 is 1.56 bits per heavy atom. The average molecular weight is 561 g/mol. The van der Waals surface area contributed by atoms with Crippen LogP contribution in [0.2, 0.25) is 0 Å². The van der Waals surface area contributed by atoms with Crippen molar-refractivity contribution in [2.24, 2.45) is 33.8 Å². The van der Waals surface area contributed by atoms with Crippen LogP contribution in [0.15, 0.2) is 4.99 Å². The number of hydrogen-bond acceptors (Lipinski definition) is 8. The van der Waals surface area contributed by atoms with Crippen LogP contribution < -0.4 is 33.6 Å². The Labute approximate surface area is 227 Å². The summed E-state index contributed by atoms with van der Waals surface area (Å²) >= 11 is 0. The Kier molecular flexibility index (Phi) is 19.1. The molecule has 1 fully saturated rings. The first kappa shape index (κ1) is 37.2. The molecule has 4 amide bonds. The van der Waals surface area contributed by atoms with Crippen molar-refractivity contribution in [2.75, 3.05) is 19.6 Å². The number of amides is 4. The van der Waals surface area contributed by atoms with Gasteiger partial charge in [-0.25, -0.2) is 0 Å². The summed E-state index contributed by atoms with van der Waals surface area (Å²) in [6, 6.07) is -2.35. The van der Waals surface area contributed by atoms with Crippen LogP contribution in [0.5, 0.6) is 0 Å². The minimum absolute atomic E-state index is 0.0587. The summed E-state index contributed by atoms with van der Waals surface area (Å²) in [6.07, 6.45) is 2.28. The van der Waals surface area contributed by atoms with E-state index in [1.807, 2.05) is 13.8 Å². The second-order valence-corrected chi connectivity index (χ2v) is 9.16. The number of guanidine groups is 1. The summed E-state index contributed by atoms with van der Waals surface area (Å²) in [6.45, 7) is 6.42. The van der Waals surface area contributed by atoms with E-state index in [1.165, 1.54) is 4.90 Å². The van der Waals surface area contributed by atoms with Crippen LogP contribution in [0, 0.1) is 5.92 Å². The van der Waals surface area contributed by atoms with E-state index < -0.39 is 47.8 Å². The Bertz CT molecular complexity index is 841. The molecule has 1 saturated heterocycles. The maximum atomic E-state index is 13.2. The van der Waals surface area contributed by atoms with E-state index >= 15 is 0 Å². The normalized spacial score (nSPS) is 15.3. The molecular weight excluding hydrogens is 516 g/mol. The number of carbonyl (C=O) groups is 6. The predicted molar refractivity (Wildman–Crippen MR) is 143 cm³/mol. The lowest BCUT2D eigenvalue weighted by Crippen LogP contribution is -2.56.